The van der Waals surface area contributed by atoms with Gasteiger partial charge in [0.05, 0.1) is 34.1 Å². The van der Waals surface area contributed by atoms with Crippen LogP contribution in [0, 0.1) is 18.3 Å². The van der Waals surface area contributed by atoms with Gasteiger partial charge in [-0.2, -0.15) is 10.4 Å². The summed E-state index contributed by atoms with van der Waals surface area (Å²) in [5.41, 5.74) is 1.45. The van der Waals surface area contributed by atoms with E-state index >= 15 is 0 Å². The summed E-state index contributed by atoms with van der Waals surface area (Å²) in [4.78, 5) is 21.3. The summed E-state index contributed by atoms with van der Waals surface area (Å²) in [6.07, 6.45) is 1.63. The maximum Gasteiger partial charge on any atom is 0.347 e. The third kappa shape index (κ3) is 3.13. The van der Waals surface area contributed by atoms with Gasteiger partial charge in [0.25, 0.3) is 0 Å². The van der Waals surface area contributed by atoms with E-state index < -0.39 is 5.63 Å². The van der Waals surface area contributed by atoms with Crippen LogP contribution in [0.25, 0.3) is 28.3 Å². The van der Waals surface area contributed by atoms with Gasteiger partial charge in [-0.3, -0.25) is 0 Å². The van der Waals surface area contributed by atoms with E-state index in [0.29, 0.717) is 32.8 Å². The molecule has 0 unspecified atom stereocenters. The first kappa shape index (κ1) is 18.2. The summed E-state index contributed by atoms with van der Waals surface area (Å²) in [6.45, 7) is 1.80. The molecule has 0 saturated heterocycles. The van der Waals surface area contributed by atoms with Gasteiger partial charge in [0.15, 0.2) is 5.82 Å². The molecule has 0 spiro atoms. The van der Waals surface area contributed by atoms with Gasteiger partial charge in [-0.1, -0.05) is 23.2 Å². The quantitative estimate of drug-likeness (QED) is 0.502. The van der Waals surface area contributed by atoms with Crippen LogP contribution in [0.2, 0.25) is 10.0 Å². The molecule has 3 heterocycles. The molecule has 9 heteroatoms. The second kappa shape index (κ2) is 7.08. The first-order valence-electron chi connectivity index (χ1n) is 8.16. The Balaban J connectivity index is 2.01. The summed E-state index contributed by atoms with van der Waals surface area (Å²) in [5.74, 6) is 0.377. The van der Waals surface area contributed by atoms with Crippen LogP contribution in [0.4, 0.5) is 0 Å². The average Bonchev–Trinajstić information content (AvgIpc) is 3.07. The molecule has 1 aromatic carbocycles. The molecule has 0 atom stereocenters. The van der Waals surface area contributed by atoms with E-state index in [1.165, 1.54) is 10.7 Å². The van der Waals surface area contributed by atoms with E-state index in [1.807, 2.05) is 6.07 Å². The minimum atomic E-state index is -0.577. The van der Waals surface area contributed by atoms with Crippen LogP contribution in [0.1, 0.15) is 11.3 Å². The molecule has 0 aliphatic carbocycles. The maximum absolute atomic E-state index is 12.5. The van der Waals surface area contributed by atoms with Gasteiger partial charge in [-0.05, 0) is 42.8 Å². The van der Waals surface area contributed by atoms with E-state index in [2.05, 4.69) is 15.1 Å². The molecule has 0 fully saturated rings. The van der Waals surface area contributed by atoms with Gasteiger partial charge >= 0.3 is 5.63 Å². The van der Waals surface area contributed by atoms with Crippen molar-refractivity contribution in [1.29, 1.82) is 5.26 Å². The zero-order chi connectivity index (χ0) is 19.8. The standard InChI is InChI=1S/C19H11Cl2N5O2/c1-10-7-11(20)8-13-16(10)24-18(28-19(13)27)15-9-12(4-5-22)25-26(15)17-14(21)3-2-6-23-17/h2-3,6-9H,4H2,1H3. The van der Waals surface area contributed by atoms with Crippen molar-refractivity contribution in [1.82, 2.24) is 19.7 Å². The van der Waals surface area contributed by atoms with Gasteiger partial charge in [-0.25, -0.2) is 19.4 Å². The summed E-state index contributed by atoms with van der Waals surface area (Å²) in [5, 5.41) is 14.5. The number of hydrogen-bond acceptors (Lipinski definition) is 6. The lowest BCUT2D eigenvalue weighted by Crippen LogP contribution is -2.08. The lowest BCUT2D eigenvalue weighted by Gasteiger charge is -2.08. The molecule has 0 amide bonds. The van der Waals surface area contributed by atoms with Gasteiger partial charge in [0.1, 0.15) is 5.69 Å². The smallest absolute Gasteiger partial charge is 0.347 e. The van der Waals surface area contributed by atoms with Crippen molar-refractivity contribution in [2.75, 3.05) is 0 Å². The van der Waals surface area contributed by atoms with Crippen molar-refractivity contribution in [3.05, 3.63) is 68.3 Å². The van der Waals surface area contributed by atoms with Crippen molar-refractivity contribution in [3.8, 4) is 23.5 Å². The van der Waals surface area contributed by atoms with Crippen molar-refractivity contribution in [3.63, 3.8) is 0 Å². The van der Waals surface area contributed by atoms with Crippen LogP contribution in [0.15, 0.2) is 45.7 Å². The molecule has 0 radical (unpaired) electrons. The summed E-state index contributed by atoms with van der Waals surface area (Å²) in [7, 11) is 0. The maximum atomic E-state index is 12.5. The summed E-state index contributed by atoms with van der Waals surface area (Å²) < 4.78 is 6.85. The number of nitrogens with zero attached hydrogens (tertiary/aromatic N) is 5. The molecule has 7 nitrogen and oxygen atoms in total. The SMILES string of the molecule is Cc1cc(Cl)cc2c(=O)oc(-c3cc(CC#N)nn3-c3ncccc3Cl)nc12. The Morgan fingerprint density at radius 3 is 2.86 bits per heavy atom. The van der Waals surface area contributed by atoms with Gasteiger partial charge in [-0.15, -0.1) is 0 Å². The van der Waals surface area contributed by atoms with Crippen molar-refractivity contribution in [2.45, 2.75) is 13.3 Å². The second-order valence-electron chi connectivity index (χ2n) is 6.00. The van der Waals surface area contributed by atoms with Crippen LogP contribution < -0.4 is 5.63 Å². The summed E-state index contributed by atoms with van der Waals surface area (Å²) >= 11 is 12.3. The lowest BCUT2D eigenvalue weighted by atomic mass is 10.1. The fourth-order valence-electron chi connectivity index (χ4n) is 2.86. The van der Waals surface area contributed by atoms with Crippen molar-refractivity contribution in [2.24, 2.45) is 0 Å². The molecule has 138 valence electrons. The van der Waals surface area contributed by atoms with Gasteiger partial charge in [0.2, 0.25) is 5.89 Å². The molecule has 0 aliphatic heterocycles. The highest BCUT2D eigenvalue weighted by Gasteiger charge is 2.20. The van der Waals surface area contributed by atoms with Gasteiger partial charge in [0, 0.05) is 11.2 Å². The van der Waals surface area contributed by atoms with Crippen molar-refractivity contribution < 1.29 is 4.42 Å². The van der Waals surface area contributed by atoms with Crippen LogP contribution in [-0.4, -0.2) is 19.7 Å². The predicted molar refractivity (Wildman–Crippen MR) is 105 cm³/mol. The van der Waals surface area contributed by atoms with Crippen LogP contribution in [-0.2, 0) is 6.42 Å². The van der Waals surface area contributed by atoms with E-state index in [-0.39, 0.29) is 17.7 Å². The third-order valence-electron chi connectivity index (χ3n) is 4.07. The van der Waals surface area contributed by atoms with Crippen molar-refractivity contribution >= 4 is 34.1 Å². The zero-order valence-corrected chi connectivity index (χ0v) is 16.0. The zero-order valence-electron chi connectivity index (χ0n) is 14.5. The largest absolute Gasteiger partial charge is 0.401 e. The lowest BCUT2D eigenvalue weighted by molar-refractivity contribution is 0.513. The van der Waals surface area contributed by atoms with E-state index in [1.54, 1.807) is 37.4 Å². The number of halogens is 2. The van der Waals surface area contributed by atoms with Crippen LogP contribution in [0.3, 0.4) is 0 Å². The molecule has 4 rings (SSSR count). The Labute approximate surface area is 168 Å². The monoisotopic (exact) mass is 411 g/mol. The van der Waals surface area contributed by atoms with E-state index in [9.17, 15) is 4.79 Å². The first-order chi connectivity index (χ1) is 13.5. The highest BCUT2D eigenvalue weighted by atomic mass is 35.5. The highest BCUT2D eigenvalue weighted by Crippen LogP contribution is 2.27. The molecule has 3 aromatic heterocycles. The molecular weight excluding hydrogens is 401 g/mol. The minimum absolute atomic E-state index is 0.0429. The first-order valence-corrected chi connectivity index (χ1v) is 8.91. The number of benzene rings is 1. The fourth-order valence-corrected chi connectivity index (χ4v) is 3.34. The number of fused-ring (bicyclic) bond motifs is 1. The number of rotatable bonds is 3. The molecular formula is C19H11Cl2N5O2. The predicted octanol–water partition coefficient (Wildman–Crippen LogP) is 4.12. The molecule has 0 saturated carbocycles. The normalized spacial score (nSPS) is 10.9. The molecule has 4 aromatic rings. The average molecular weight is 412 g/mol. The molecule has 0 aliphatic rings. The number of pyridine rings is 1. The minimum Gasteiger partial charge on any atom is -0.401 e. The number of aryl methyl sites for hydroxylation is 1. The Morgan fingerprint density at radius 2 is 2.11 bits per heavy atom. The van der Waals surface area contributed by atoms with E-state index in [0.717, 1.165) is 5.56 Å². The van der Waals surface area contributed by atoms with Crippen LogP contribution in [0.5, 0.6) is 0 Å². The highest BCUT2D eigenvalue weighted by molar-refractivity contribution is 6.32. The number of nitriles is 1. The number of aromatic nitrogens is 4. The van der Waals surface area contributed by atoms with Gasteiger partial charge < -0.3 is 4.42 Å². The Hall–Kier alpha value is -3.21. The van der Waals surface area contributed by atoms with E-state index in [4.69, 9.17) is 32.9 Å². The Morgan fingerprint density at radius 1 is 1.29 bits per heavy atom. The number of hydrogen-bond donors (Lipinski definition) is 0. The molecule has 28 heavy (non-hydrogen) atoms. The Bertz CT molecular complexity index is 1320. The topological polar surface area (TPSA) is 97.6 Å². The fraction of sp³-hybridized carbons (Fsp3) is 0.105. The second-order valence-corrected chi connectivity index (χ2v) is 6.85. The summed E-state index contributed by atoms with van der Waals surface area (Å²) in [6, 6.07) is 10.2. The molecule has 0 N–H and O–H groups in total. The molecule has 0 bridgehead atoms. The Kier molecular flexibility index (Phi) is 4.59. The van der Waals surface area contributed by atoms with Crippen LogP contribution >= 0.6 is 23.2 Å². The third-order valence-corrected chi connectivity index (χ3v) is 4.58.